The second-order valence-corrected chi connectivity index (χ2v) is 4.96. The molecule has 20 heavy (non-hydrogen) atoms. The number of piperazine rings is 1. The average Bonchev–Trinajstić information content (AvgIpc) is 2.46. The van der Waals surface area contributed by atoms with Crippen LogP contribution in [0.15, 0.2) is 24.4 Å². The van der Waals surface area contributed by atoms with Gasteiger partial charge in [-0.15, -0.1) is 0 Å². The van der Waals surface area contributed by atoms with Crippen molar-refractivity contribution in [1.29, 1.82) is 0 Å². The molecule has 0 radical (unpaired) electrons. The van der Waals surface area contributed by atoms with Gasteiger partial charge in [-0.2, -0.15) is 0 Å². The van der Waals surface area contributed by atoms with E-state index in [-0.39, 0.29) is 5.69 Å². The van der Waals surface area contributed by atoms with Gasteiger partial charge in [0, 0.05) is 37.8 Å². The molecule has 7 nitrogen and oxygen atoms in total. The topological polar surface area (TPSA) is 84.2 Å². The molecule has 0 unspecified atom stereocenters. The maximum atomic E-state index is 10.7. The molecule has 0 saturated carbocycles. The number of nitrogens with zero attached hydrogens (tertiary/aromatic N) is 4. The normalized spacial score (nSPS) is 19.2. The number of fused-ring (bicyclic) bond motifs is 1. The summed E-state index contributed by atoms with van der Waals surface area (Å²) in [6.45, 7) is 4.82. The molecule has 2 aromatic rings. The molecule has 1 aliphatic heterocycles. The van der Waals surface area contributed by atoms with Crippen molar-refractivity contribution in [3.63, 3.8) is 0 Å². The number of benzene rings is 1. The summed E-state index contributed by atoms with van der Waals surface area (Å²) >= 11 is 0. The van der Waals surface area contributed by atoms with E-state index in [0.717, 1.165) is 25.5 Å². The van der Waals surface area contributed by atoms with E-state index in [1.54, 1.807) is 12.3 Å². The molecule has 1 aliphatic rings. The van der Waals surface area contributed by atoms with Crippen LogP contribution in [-0.2, 0) is 0 Å². The van der Waals surface area contributed by atoms with Crippen LogP contribution in [0.2, 0.25) is 0 Å². The summed E-state index contributed by atoms with van der Waals surface area (Å²) in [4.78, 5) is 21.3. The molecule has 2 heterocycles. The lowest BCUT2D eigenvalue weighted by molar-refractivity contribution is -0.384. The maximum absolute atomic E-state index is 10.7. The minimum Gasteiger partial charge on any atom is -0.352 e. The molecule has 0 amide bonds. The van der Waals surface area contributed by atoms with Gasteiger partial charge in [0.2, 0.25) is 0 Å². The monoisotopic (exact) mass is 273 g/mol. The van der Waals surface area contributed by atoms with Gasteiger partial charge in [-0.25, -0.2) is 4.98 Å². The Morgan fingerprint density at radius 1 is 1.45 bits per heavy atom. The van der Waals surface area contributed by atoms with Gasteiger partial charge in [0.15, 0.2) is 0 Å². The Bertz CT molecular complexity index is 660. The quantitative estimate of drug-likeness (QED) is 0.656. The number of nitro groups is 1. The average molecular weight is 273 g/mol. The predicted octanol–water partition coefficient (Wildman–Crippen LogP) is 1.34. The minimum atomic E-state index is -0.424. The molecule has 1 saturated heterocycles. The van der Waals surface area contributed by atoms with E-state index in [4.69, 9.17) is 0 Å². The molecule has 7 heteroatoms. The Morgan fingerprint density at radius 3 is 3.05 bits per heavy atom. The van der Waals surface area contributed by atoms with Crippen molar-refractivity contribution in [1.82, 2.24) is 15.3 Å². The van der Waals surface area contributed by atoms with Crippen molar-refractivity contribution in [3.8, 4) is 0 Å². The second kappa shape index (κ2) is 5.01. The highest BCUT2D eigenvalue weighted by Crippen LogP contribution is 2.21. The molecule has 1 fully saturated rings. The van der Waals surface area contributed by atoms with Gasteiger partial charge in [-0.05, 0) is 13.0 Å². The summed E-state index contributed by atoms with van der Waals surface area (Å²) < 4.78 is 0. The number of nitro benzene ring substituents is 1. The number of aromatic nitrogens is 2. The standard InChI is InChI=1S/C13H15N5O2/c1-9-8-17(5-4-14-9)13-7-15-12-6-10(18(19)20)2-3-11(12)16-13/h2-3,6-7,9,14H,4-5,8H2,1H3/t9-/m0/s1. The fourth-order valence-electron chi connectivity index (χ4n) is 2.40. The van der Waals surface area contributed by atoms with Crippen LogP contribution in [0.5, 0.6) is 0 Å². The van der Waals surface area contributed by atoms with Crippen LogP contribution in [0.4, 0.5) is 11.5 Å². The Hall–Kier alpha value is -2.28. The molecule has 1 atom stereocenters. The van der Waals surface area contributed by atoms with E-state index in [0.29, 0.717) is 17.1 Å². The summed E-state index contributed by atoms with van der Waals surface area (Å²) in [6, 6.07) is 4.97. The first-order valence-corrected chi connectivity index (χ1v) is 6.53. The van der Waals surface area contributed by atoms with Gasteiger partial charge in [0.05, 0.1) is 22.2 Å². The van der Waals surface area contributed by atoms with Crippen LogP contribution in [0.25, 0.3) is 11.0 Å². The highest BCUT2D eigenvalue weighted by Gasteiger charge is 2.17. The molecule has 1 aromatic carbocycles. The van der Waals surface area contributed by atoms with E-state index in [1.165, 1.54) is 12.1 Å². The van der Waals surface area contributed by atoms with Crippen LogP contribution in [0, 0.1) is 10.1 Å². The van der Waals surface area contributed by atoms with Gasteiger partial charge in [0.1, 0.15) is 5.82 Å². The van der Waals surface area contributed by atoms with Crippen molar-refractivity contribution in [2.75, 3.05) is 24.5 Å². The van der Waals surface area contributed by atoms with E-state index < -0.39 is 4.92 Å². The molecule has 1 aromatic heterocycles. The summed E-state index contributed by atoms with van der Waals surface area (Å²) in [6.07, 6.45) is 1.68. The van der Waals surface area contributed by atoms with Gasteiger partial charge in [-0.1, -0.05) is 0 Å². The zero-order chi connectivity index (χ0) is 14.1. The Kier molecular flexibility index (Phi) is 3.19. The molecule has 104 valence electrons. The molecule has 0 spiro atoms. The Morgan fingerprint density at radius 2 is 2.30 bits per heavy atom. The zero-order valence-electron chi connectivity index (χ0n) is 11.1. The van der Waals surface area contributed by atoms with Crippen molar-refractivity contribution in [2.24, 2.45) is 0 Å². The van der Waals surface area contributed by atoms with Gasteiger partial charge in [0.25, 0.3) is 5.69 Å². The fourth-order valence-corrected chi connectivity index (χ4v) is 2.40. The minimum absolute atomic E-state index is 0.0374. The molecular weight excluding hydrogens is 258 g/mol. The zero-order valence-corrected chi connectivity index (χ0v) is 11.1. The summed E-state index contributed by atoms with van der Waals surface area (Å²) in [5.74, 6) is 0.819. The van der Waals surface area contributed by atoms with Crippen LogP contribution < -0.4 is 10.2 Å². The third-order valence-electron chi connectivity index (χ3n) is 3.42. The third kappa shape index (κ3) is 2.39. The predicted molar refractivity (Wildman–Crippen MR) is 75.9 cm³/mol. The first kappa shape index (κ1) is 12.7. The van der Waals surface area contributed by atoms with E-state index in [1.807, 2.05) is 0 Å². The lowest BCUT2D eigenvalue weighted by Crippen LogP contribution is -2.49. The summed E-state index contributed by atoms with van der Waals surface area (Å²) in [5, 5.41) is 14.1. The fraction of sp³-hybridized carbons (Fsp3) is 0.385. The second-order valence-electron chi connectivity index (χ2n) is 4.96. The first-order chi connectivity index (χ1) is 9.63. The van der Waals surface area contributed by atoms with Crippen LogP contribution in [0.1, 0.15) is 6.92 Å². The molecule has 0 aliphatic carbocycles. The number of nitrogens with one attached hydrogen (secondary N) is 1. The molecule has 3 rings (SSSR count). The highest BCUT2D eigenvalue weighted by molar-refractivity contribution is 5.78. The van der Waals surface area contributed by atoms with E-state index in [2.05, 4.69) is 27.1 Å². The lowest BCUT2D eigenvalue weighted by Gasteiger charge is -2.32. The lowest BCUT2D eigenvalue weighted by atomic mass is 10.2. The first-order valence-electron chi connectivity index (χ1n) is 6.53. The largest absolute Gasteiger partial charge is 0.352 e. The number of anilines is 1. The Balaban J connectivity index is 1.94. The number of hydrogen-bond donors (Lipinski definition) is 1. The summed E-state index contributed by atoms with van der Waals surface area (Å²) in [5.41, 5.74) is 1.26. The molecular formula is C13H15N5O2. The van der Waals surface area contributed by atoms with Crippen LogP contribution in [-0.4, -0.2) is 40.6 Å². The Labute approximate surface area is 115 Å². The van der Waals surface area contributed by atoms with E-state index >= 15 is 0 Å². The smallest absolute Gasteiger partial charge is 0.271 e. The number of non-ortho nitro benzene ring substituents is 1. The third-order valence-corrected chi connectivity index (χ3v) is 3.42. The van der Waals surface area contributed by atoms with E-state index in [9.17, 15) is 10.1 Å². The highest BCUT2D eigenvalue weighted by atomic mass is 16.6. The molecule has 1 N–H and O–H groups in total. The van der Waals surface area contributed by atoms with Crippen molar-refractivity contribution < 1.29 is 4.92 Å². The van der Waals surface area contributed by atoms with Gasteiger partial charge < -0.3 is 10.2 Å². The number of rotatable bonds is 2. The van der Waals surface area contributed by atoms with Crippen molar-refractivity contribution >= 4 is 22.5 Å². The molecule has 0 bridgehead atoms. The van der Waals surface area contributed by atoms with Crippen molar-refractivity contribution in [2.45, 2.75) is 13.0 Å². The van der Waals surface area contributed by atoms with Crippen LogP contribution >= 0.6 is 0 Å². The SMILES string of the molecule is C[C@H]1CN(c2cnc3cc([N+](=O)[O-])ccc3n2)CCN1. The van der Waals surface area contributed by atoms with Gasteiger partial charge >= 0.3 is 0 Å². The summed E-state index contributed by atoms with van der Waals surface area (Å²) in [7, 11) is 0. The number of hydrogen-bond acceptors (Lipinski definition) is 6. The van der Waals surface area contributed by atoms with Gasteiger partial charge in [-0.3, -0.25) is 15.1 Å². The van der Waals surface area contributed by atoms with Crippen LogP contribution in [0.3, 0.4) is 0 Å². The maximum Gasteiger partial charge on any atom is 0.271 e. The van der Waals surface area contributed by atoms with Crippen molar-refractivity contribution in [3.05, 3.63) is 34.5 Å².